The zero-order valence-corrected chi connectivity index (χ0v) is 13.5. The minimum Gasteiger partial charge on any atom is -0.469 e. The van der Waals surface area contributed by atoms with Crippen LogP contribution in [0.3, 0.4) is 0 Å². The van der Waals surface area contributed by atoms with E-state index in [0.29, 0.717) is 18.0 Å². The van der Waals surface area contributed by atoms with Gasteiger partial charge in [-0.3, -0.25) is 9.59 Å². The number of esters is 1. The van der Waals surface area contributed by atoms with Gasteiger partial charge < -0.3 is 9.64 Å². The Morgan fingerprint density at radius 1 is 1.39 bits per heavy atom. The Kier molecular flexibility index (Phi) is 5.53. The predicted octanol–water partition coefficient (Wildman–Crippen LogP) is 3.24. The highest BCUT2D eigenvalue weighted by atomic mass is 19.1. The zero-order chi connectivity index (χ0) is 17.0. The lowest BCUT2D eigenvalue weighted by molar-refractivity contribution is -0.140. The van der Waals surface area contributed by atoms with Crippen LogP contribution in [-0.4, -0.2) is 30.4 Å². The molecule has 1 fully saturated rings. The van der Waals surface area contributed by atoms with Crippen LogP contribution in [0, 0.1) is 11.7 Å². The predicted molar refractivity (Wildman–Crippen MR) is 85.0 cm³/mol. The first kappa shape index (κ1) is 17.2. The number of benzene rings is 1. The maximum Gasteiger partial charge on any atom is 0.305 e. The highest BCUT2D eigenvalue weighted by molar-refractivity contribution is 5.93. The van der Waals surface area contributed by atoms with Crippen molar-refractivity contribution in [3.8, 4) is 0 Å². The van der Waals surface area contributed by atoms with E-state index >= 15 is 0 Å². The molecule has 124 valence electrons. The molecule has 0 aromatic heterocycles. The van der Waals surface area contributed by atoms with E-state index in [1.165, 1.54) is 19.2 Å². The highest BCUT2D eigenvalue weighted by Crippen LogP contribution is 2.36. The van der Waals surface area contributed by atoms with Gasteiger partial charge in [0.15, 0.2) is 0 Å². The number of amides is 1. The molecular weight excluding hydrogens is 297 g/mol. The summed E-state index contributed by atoms with van der Waals surface area (Å²) >= 11 is 0. The first-order valence-corrected chi connectivity index (χ1v) is 7.73. The van der Waals surface area contributed by atoms with Crippen LogP contribution in [0.1, 0.15) is 37.8 Å². The van der Waals surface area contributed by atoms with E-state index in [0.717, 1.165) is 12.0 Å². The number of hydrogen-bond acceptors (Lipinski definition) is 3. The van der Waals surface area contributed by atoms with Gasteiger partial charge in [0.2, 0.25) is 5.91 Å². The molecule has 1 aliphatic heterocycles. The second-order valence-corrected chi connectivity index (χ2v) is 6.05. The Hall–Kier alpha value is -2.17. The fraction of sp³-hybridized carbons (Fsp3) is 0.444. The van der Waals surface area contributed by atoms with Gasteiger partial charge in [0, 0.05) is 18.5 Å². The molecule has 1 aromatic rings. The van der Waals surface area contributed by atoms with Gasteiger partial charge in [-0.25, -0.2) is 4.39 Å². The maximum atomic E-state index is 13.5. The molecule has 0 spiro atoms. The molecule has 23 heavy (non-hydrogen) atoms. The van der Waals surface area contributed by atoms with E-state index in [9.17, 15) is 14.0 Å². The molecule has 0 bridgehead atoms. The van der Waals surface area contributed by atoms with Gasteiger partial charge in [0.1, 0.15) is 5.82 Å². The molecular formula is C18H22FNO3. The second-order valence-electron chi connectivity index (χ2n) is 6.05. The topological polar surface area (TPSA) is 46.6 Å². The lowest BCUT2D eigenvalue weighted by Gasteiger charge is -2.26. The Morgan fingerprint density at radius 2 is 2.13 bits per heavy atom. The van der Waals surface area contributed by atoms with Crippen molar-refractivity contribution in [3.05, 3.63) is 47.8 Å². The molecule has 0 saturated carbocycles. The van der Waals surface area contributed by atoms with Crippen LogP contribution in [0.25, 0.3) is 0 Å². The first-order valence-electron chi connectivity index (χ1n) is 7.73. The third kappa shape index (κ3) is 4.18. The van der Waals surface area contributed by atoms with Crippen LogP contribution in [0.4, 0.5) is 4.39 Å². The number of carbonyl (C=O) groups is 2. The summed E-state index contributed by atoms with van der Waals surface area (Å²) < 4.78 is 18.1. The monoisotopic (exact) mass is 319 g/mol. The number of rotatable bonds is 5. The highest BCUT2D eigenvalue weighted by Gasteiger charge is 2.35. The molecule has 1 amide bonds. The average Bonchev–Trinajstić information content (AvgIpc) is 2.93. The fourth-order valence-corrected chi connectivity index (χ4v) is 2.97. The fourth-order valence-electron chi connectivity index (χ4n) is 2.97. The first-order chi connectivity index (χ1) is 10.9. The van der Waals surface area contributed by atoms with Gasteiger partial charge >= 0.3 is 5.97 Å². The number of ether oxygens (including phenoxy) is 1. The Balaban J connectivity index is 2.11. The van der Waals surface area contributed by atoms with Gasteiger partial charge in [-0.1, -0.05) is 25.6 Å². The van der Waals surface area contributed by atoms with Crippen molar-refractivity contribution < 1.29 is 18.7 Å². The van der Waals surface area contributed by atoms with E-state index in [4.69, 9.17) is 0 Å². The molecule has 2 atom stereocenters. The minimum absolute atomic E-state index is 0.134. The molecule has 1 aromatic carbocycles. The summed E-state index contributed by atoms with van der Waals surface area (Å²) in [6.07, 6.45) is 1.20. The smallest absolute Gasteiger partial charge is 0.305 e. The van der Waals surface area contributed by atoms with E-state index in [-0.39, 0.29) is 36.6 Å². The molecule has 1 heterocycles. The molecule has 1 saturated heterocycles. The van der Waals surface area contributed by atoms with Gasteiger partial charge in [-0.15, -0.1) is 0 Å². The van der Waals surface area contributed by atoms with Crippen LogP contribution >= 0.6 is 0 Å². The van der Waals surface area contributed by atoms with Crippen LogP contribution in [-0.2, 0) is 14.3 Å². The molecule has 1 aliphatic rings. The quantitative estimate of drug-likeness (QED) is 0.618. The summed E-state index contributed by atoms with van der Waals surface area (Å²) in [4.78, 5) is 25.6. The molecule has 0 N–H and O–H groups in total. The van der Waals surface area contributed by atoms with Crippen LogP contribution in [0.5, 0.6) is 0 Å². The molecule has 2 unspecified atom stereocenters. The Morgan fingerprint density at radius 3 is 2.78 bits per heavy atom. The van der Waals surface area contributed by atoms with Gasteiger partial charge in [0.05, 0.1) is 13.2 Å². The van der Waals surface area contributed by atoms with E-state index in [2.05, 4.69) is 18.2 Å². The van der Waals surface area contributed by atoms with Gasteiger partial charge in [0.25, 0.3) is 0 Å². The van der Waals surface area contributed by atoms with Gasteiger partial charge in [-0.05, 0) is 36.5 Å². The molecule has 2 rings (SSSR count). The number of hydrogen-bond donors (Lipinski definition) is 0. The average molecular weight is 319 g/mol. The van der Waals surface area contributed by atoms with Crippen LogP contribution in [0.15, 0.2) is 36.4 Å². The minimum atomic E-state index is -0.365. The van der Waals surface area contributed by atoms with Crippen molar-refractivity contribution in [1.82, 2.24) is 4.90 Å². The lowest BCUT2D eigenvalue weighted by atomic mass is 10.0. The number of likely N-dealkylation sites (tertiary alicyclic amines) is 1. The van der Waals surface area contributed by atoms with Gasteiger partial charge in [-0.2, -0.15) is 0 Å². The molecule has 0 aliphatic carbocycles. The maximum absolute atomic E-state index is 13.5. The van der Waals surface area contributed by atoms with E-state index < -0.39 is 0 Å². The Labute approximate surface area is 135 Å². The zero-order valence-electron chi connectivity index (χ0n) is 13.5. The van der Waals surface area contributed by atoms with E-state index in [1.807, 2.05) is 6.07 Å². The van der Waals surface area contributed by atoms with Crippen LogP contribution < -0.4 is 0 Å². The summed E-state index contributed by atoms with van der Waals surface area (Å²) in [5, 5.41) is 0. The van der Waals surface area contributed by atoms with Crippen LogP contribution in [0.2, 0.25) is 0 Å². The number of methoxy groups -OCH3 is 1. The van der Waals surface area contributed by atoms with E-state index in [1.54, 1.807) is 11.0 Å². The number of halogens is 1. The largest absolute Gasteiger partial charge is 0.469 e. The number of carbonyl (C=O) groups excluding carboxylic acids is 2. The molecule has 5 heteroatoms. The van der Waals surface area contributed by atoms with Crippen molar-refractivity contribution in [2.75, 3.05) is 13.7 Å². The summed E-state index contributed by atoms with van der Waals surface area (Å²) in [7, 11) is 1.31. The summed E-state index contributed by atoms with van der Waals surface area (Å²) in [5.74, 6) is -0.512. The standard InChI is InChI=1S/C18H22FNO3/c1-12-9-16(14-5-4-6-15(19)10-14)20(11-12)18(22)13(2)7-8-17(21)23-3/h4-6,10,12,16H,2,7-9,11H2,1,3H3. The molecule has 4 nitrogen and oxygen atoms in total. The van der Waals surface area contributed by atoms with Crippen molar-refractivity contribution >= 4 is 11.9 Å². The van der Waals surface area contributed by atoms with Crippen molar-refractivity contribution in [2.45, 2.75) is 32.2 Å². The third-order valence-corrected chi connectivity index (χ3v) is 4.17. The number of nitrogens with zero attached hydrogens (tertiary/aromatic N) is 1. The third-order valence-electron chi connectivity index (χ3n) is 4.17. The second kappa shape index (κ2) is 7.40. The van der Waals surface area contributed by atoms with Crippen molar-refractivity contribution in [3.63, 3.8) is 0 Å². The van der Waals surface area contributed by atoms with Crippen molar-refractivity contribution in [1.29, 1.82) is 0 Å². The summed E-state index contributed by atoms with van der Waals surface area (Å²) in [6, 6.07) is 6.21. The molecule has 0 radical (unpaired) electrons. The Bertz CT molecular complexity index is 614. The van der Waals surface area contributed by atoms with Crippen molar-refractivity contribution in [2.24, 2.45) is 5.92 Å². The summed E-state index contributed by atoms with van der Waals surface area (Å²) in [5.41, 5.74) is 1.18. The summed E-state index contributed by atoms with van der Waals surface area (Å²) in [6.45, 7) is 6.48. The lowest BCUT2D eigenvalue weighted by Crippen LogP contribution is -2.32. The normalized spacial score (nSPS) is 20.4. The SMILES string of the molecule is C=C(CCC(=O)OC)C(=O)N1CC(C)CC1c1cccc(F)c1.